The van der Waals surface area contributed by atoms with E-state index in [2.05, 4.69) is 50.4 Å². The fraction of sp³-hybridized carbons (Fsp3) is 0.682. The molecule has 3 heteroatoms. The highest BCUT2D eigenvalue weighted by Crippen LogP contribution is 2.70. The average molecular weight is 341 g/mol. The minimum absolute atomic E-state index is 0.177. The van der Waals surface area contributed by atoms with Crippen molar-refractivity contribution in [3.63, 3.8) is 0 Å². The first-order valence-corrected chi connectivity index (χ1v) is 9.86. The van der Waals surface area contributed by atoms with Gasteiger partial charge in [0.25, 0.3) is 0 Å². The van der Waals surface area contributed by atoms with Crippen molar-refractivity contribution in [3.8, 4) is 0 Å². The van der Waals surface area contributed by atoms with Gasteiger partial charge in [-0.1, -0.05) is 50.6 Å². The fourth-order valence-corrected chi connectivity index (χ4v) is 6.14. The Bertz CT molecular complexity index is 665. The predicted octanol–water partition coefficient (Wildman–Crippen LogP) is 4.40. The molecule has 3 nitrogen and oxygen atoms in total. The van der Waals surface area contributed by atoms with Gasteiger partial charge in [-0.3, -0.25) is 4.79 Å². The summed E-state index contributed by atoms with van der Waals surface area (Å²) in [5.74, 6) is 1.38. The van der Waals surface area contributed by atoms with E-state index in [4.69, 9.17) is 4.74 Å². The molecule has 0 aromatic heterocycles. The first kappa shape index (κ1) is 17.1. The molecule has 4 rings (SSSR count). The Hall–Kier alpha value is -1.35. The second kappa shape index (κ2) is 5.84. The number of aryl methyl sites for hydroxylation is 1. The van der Waals surface area contributed by atoms with E-state index in [0.29, 0.717) is 18.3 Å². The zero-order valence-electron chi connectivity index (χ0n) is 16.0. The molecule has 3 aliphatic rings. The summed E-state index contributed by atoms with van der Waals surface area (Å²) in [7, 11) is 0. The van der Waals surface area contributed by atoms with Crippen LogP contribution < -0.4 is 5.32 Å². The van der Waals surface area contributed by atoms with Gasteiger partial charge < -0.3 is 10.1 Å². The molecule has 1 saturated heterocycles. The summed E-state index contributed by atoms with van der Waals surface area (Å²) < 4.78 is 6.30. The lowest BCUT2D eigenvalue weighted by Gasteiger charge is -2.53. The van der Waals surface area contributed by atoms with E-state index in [0.717, 1.165) is 13.0 Å². The average Bonchev–Trinajstić information content (AvgIpc) is 3.08. The molecule has 1 heterocycles. The quantitative estimate of drug-likeness (QED) is 0.885. The number of hydrogen-bond acceptors (Lipinski definition) is 2. The Morgan fingerprint density at radius 2 is 2.00 bits per heavy atom. The normalized spacial score (nSPS) is 38.4. The number of amides is 1. The molecule has 2 aliphatic carbocycles. The molecule has 1 amide bonds. The maximum Gasteiger partial charge on any atom is 0.219 e. The van der Waals surface area contributed by atoms with Gasteiger partial charge in [-0.15, -0.1) is 0 Å². The van der Waals surface area contributed by atoms with Crippen LogP contribution in [-0.4, -0.2) is 18.6 Å². The van der Waals surface area contributed by atoms with Crippen molar-refractivity contribution in [2.24, 2.45) is 22.7 Å². The zero-order chi connectivity index (χ0) is 17.8. The third-order valence-corrected chi connectivity index (χ3v) is 7.54. The standard InChI is InChI=1S/C22H31NO2/c1-5-18(24)23-20-21(3,4)16-12-17-19(15-8-6-14(2)7-9-15)25-11-10-22(17,20)13-16/h6-9,16-17,19-20H,5,10-13H2,1-4H3,(H,23,24)/t16-,17-,19-,20-,22-/m1/s1. The largest absolute Gasteiger partial charge is 0.373 e. The van der Waals surface area contributed by atoms with Crippen LogP contribution in [0.1, 0.15) is 63.7 Å². The first-order chi connectivity index (χ1) is 11.9. The number of carbonyl (C=O) groups is 1. The van der Waals surface area contributed by atoms with Gasteiger partial charge in [-0.2, -0.15) is 0 Å². The number of carbonyl (C=O) groups excluding carboxylic acids is 1. The number of fused-ring (bicyclic) bond motifs is 1. The molecule has 136 valence electrons. The van der Waals surface area contributed by atoms with E-state index in [1.807, 2.05) is 6.92 Å². The van der Waals surface area contributed by atoms with E-state index in [1.54, 1.807) is 0 Å². The number of hydrogen-bond donors (Lipinski definition) is 1. The Labute approximate surface area is 151 Å². The van der Waals surface area contributed by atoms with Crippen LogP contribution in [-0.2, 0) is 9.53 Å². The monoisotopic (exact) mass is 341 g/mol. The molecule has 0 unspecified atom stereocenters. The van der Waals surface area contributed by atoms with Crippen LogP contribution in [0.2, 0.25) is 0 Å². The molecular formula is C22H31NO2. The van der Waals surface area contributed by atoms with Gasteiger partial charge in [0.15, 0.2) is 0 Å². The minimum atomic E-state index is 0.177. The molecule has 0 radical (unpaired) electrons. The summed E-state index contributed by atoms with van der Waals surface area (Å²) in [5.41, 5.74) is 2.97. The molecule has 1 N–H and O–H groups in total. The van der Waals surface area contributed by atoms with Crippen molar-refractivity contribution in [3.05, 3.63) is 35.4 Å². The minimum Gasteiger partial charge on any atom is -0.373 e. The number of nitrogens with one attached hydrogen (secondary N) is 1. The molecular weight excluding hydrogens is 310 g/mol. The predicted molar refractivity (Wildman–Crippen MR) is 99.1 cm³/mol. The van der Waals surface area contributed by atoms with Crippen LogP contribution in [0, 0.1) is 29.6 Å². The lowest BCUT2D eigenvalue weighted by atomic mass is 9.59. The van der Waals surface area contributed by atoms with Crippen LogP contribution in [0.25, 0.3) is 0 Å². The summed E-state index contributed by atoms with van der Waals surface area (Å²) in [6.07, 6.45) is 4.29. The van der Waals surface area contributed by atoms with Gasteiger partial charge in [0.2, 0.25) is 5.91 Å². The molecule has 1 spiro atoms. The van der Waals surface area contributed by atoms with Crippen LogP contribution in [0.15, 0.2) is 24.3 Å². The summed E-state index contributed by atoms with van der Waals surface area (Å²) in [6, 6.07) is 9.11. The van der Waals surface area contributed by atoms with Crippen LogP contribution in [0.4, 0.5) is 0 Å². The second-order valence-electron chi connectivity index (χ2n) is 9.10. The second-order valence-corrected chi connectivity index (χ2v) is 9.10. The summed E-state index contributed by atoms with van der Waals surface area (Å²) >= 11 is 0. The molecule has 1 aromatic carbocycles. The molecule has 2 bridgehead atoms. The van der Waals surface area contributed by atoms with Gasteiger partial charge in [-0.05, 0) is 54.4 Å². The van der Waals surface area contributed by atoms with Gasteiger partial charge in [-0.25, -0.2) is 0 Å². The summed E-state index contributed by atoms with van der Waals surface area (Å²) in [5, 5.41) is 3.43. The third-order valence-electron chi connectivity index (χ3n) is 7.54. The molecule has 25 heavy (non-hydrogen) atoms. The highest BCUT2D eigenvalue weighted by Gasteiger charge is 2.68. The summed E-state index contributed by atoms with van der Waals surface area (Å²) in [4.78, 5) is 12.2. The molecule has 1 aromatic rings. The van der Waals surface area contributed by atoms with Crippen molar-refractivity contribution in [2.45, 2.75) is 65.5 Å². The van der Waals surface area contributed by atoms with Crippen LogP contribution in [0.5, 0.6) is 0 Å². The fourth-order valence-electron chi connectivity index (χ4n) is 6.14. The zero-order valence-corrected chi connectivity index (χ0v) is 16.0. The Balaban J connectivity index is 1.69. The molecule has 3 fully saturated rings. The third kappa shape index (κ3) is 2.46. The van der Waals surface area contributed by atoms with Gasteiger partial charge in [0.05, 0.1) is 6.10 Å². The smallest absolute Gasteiger partial charge is 0.219 e. The van der Waals surface area contributed by atoms with Gasteiger partial charge >= 0.3 is 0 Å². The van der Waals surface area contributed by atoms with Crippen molar-refractivity contribution in [1.29, 1.82) is 0 Å². The highest BCUT2D eigenvalue weighted by atomic mass is 16.5. The van der Waals surface area contributed by atoms with E-state index < -0.39 is 0 Å². The van der Waals surface area contributed by atoms with Crippen LogP contribution >= 0.6 is 0 Å². The first-order valence-electron chi connectivity index (χ1n) is 9.86. The van der Waals surface area contributed by atoms with E-state index in [9.17, 15) is 4.79 Å². The number of benzene rings is 1. The number of ether oxygens (including phenoxy) is 1. The van der Waals surface area contributed by atoms with Crippen molar-refractivity contribution in [1.82, 2.24) is 5.32 Å². The van der Waals surface area contributed by atoms with Crippen molar-refractivity contribution < 1.29 is 9.53 Å². The lowest BCUT2D eigenvalue weighted by Crippen LogP contribution is -2.58. The van der Waals surface area contributed by atoms with E-state index >= 15 is 0 Å². The summed E-state index contributed by atoms with van der Waals surface area (Å²) in [6.45, 7) is 9.60. The Kier molecular flexibility index (Phi) is 3.99. The van der Waals surface area contributed by atoms with Gasteiger partial charge in [0.1, 0.15) is 0 Å². The van der Waals surface area contributed by atoms with E-state index in [-0.39, 0.29) is 28.9 Å². The van der Waals surface area contributed by atoms with Crippen LogP contribution in [0.3, 0.4) is 0 Å². The SMILES string of the molecule is CCC(=O)N[C@@H]1C(C)(C)[C@@H]2C[C@@H]3[C@@H](c4ccc(C)cc4)OCC[C@@]31C2. The lowest BCUT2D eigenvalue weighted by molar-refractivity contribution is -0.137. The number of rotatable bonds is 3. The molecule has 1 aliphatic heterocycles. The van der Waals surface area contributed by atoms with Gasteiger partial charge in [0, 0.05) is 19.1 Å². The van der Waals surface area contributed by atoms with Crippen molar-refractivity contribution in [2.75, 3.05) is 6.61 Å². The Morgan fingerprint density at radius 1 is 1.28 bits per heavy atom. The molecule has 5 atom stereocenters. The Morgan fingerprint density at radius 3 is 2.68 bits per heavy atom. The van der Waals surface area contributed by atoms with Crippen molar-refractivity contribution >= 4 is 5.91 Å². The topological polar surface area (TPSA) is 38.3 Å². The van der Waals surface area contributed by atoms with E-state index in [1.165, 1.54) is 24.0 Å². The maximum atomic E-state index is 12.2. The highest BCUT2D eigenvalue weighted by molar-refractivity contribution is 5.76. The maximum absolute atomic E-state index is 12.2. The molecule has 2 saturated carbocycles.